The predicted octanol–water partition coefficient (Wildman–Crippen LogP) is 4.77. The molecule has 1 N–H and O–H groups in total. The van der Waals surface area contributed by atoms with Crippen LogP contribution in [0.15, 0.2) is 91.0 Å². The molecular formula is C23H21N3O2. The molecule has 0 bridgehead atoms. The van der Waals surface area contributed by atoms with E-state index in [1.165, 1.54) is 4.90 Å². The van der Waals surface area contributed by atoms with Crippen LogP contribution in [0.5, 0.6) is 0 Å². The summed E-state index contributed by atoms with van der Waals surface area (Å²) >= 11 is 0. The van der Waals surface area contributed by atoms with Gasteiger partial charge in [-0.25, -0.2) is 14.5 Å². The van der Waals surface area contributed by atoms with E-state index in [2.05, 4.69) is 5.32 Å². The second-order valence-corrected chi connectivity index (χ2v) is 6.74. The summed E-state index contributed by atoms with van der Waals surface area (Å²) < 4.78 is 0. The molecule has 4 amide bonds. The van der Waals surface area contributed by atoms with Gasteiger partial charge in [0.15, 0.2) is 0 Å². The quantitative estimate of drug-likeness (QED) is 0.718. The van der Waals surface area contributed by atoms with Crippen LogP contribution in [0.25, 0.3) is 0 Å². The Morgan fingerprint density at radius 3 is 2.07 bits per heavy atom. The predicted molar refractivity (Wildman–Crippen MR) is 110 cm³/mol. The van der Waals surface area contributed by atoms with Gasteiger partial charge in [0.2, 0.25) is 0 Å². The molecule has 1 heterocycles. The van der Waals surface area contributed by atoms with Crippen molar-refractivity contribution in [2.75, 3.05) is 16.8 Å². The molecule has 0 radical (unpaired) electrons. The number of nitrogens with zero attached hydrogens (tertiary/aromatic N) is 2. The van der Waals surface area contributed by atoms with Crippen molar-refractivity contribution in [1.82, 2.24) is 4.90 Å². The molecule has 140 valence electrons. The van der Waals surface area contributed by atoms with Gasteiger partial charge in [0, 0.05) is 17.9 Å². The first-order valence-corrected chi connectivity index (χ1v) is 9.28. The zero-order valence-corrected chi connectivity index (χ0v) is 15.4. The van der Waals surface area contributed by atoms with E-state index in [4.69, 9.17) is 0 Å². The summed E-state index contributed by atoms with van der Waals surface area (Å²) in [5.41, 5.74) is 2.55. The molecule has 1 aliphatic heterocycles. The van der Waals surface area contributed by atoms with Gasteiger partial charge < -0.3 is 5.32 Å². The average molecular weight is 371 g/mol. The van der Waals surface area contributed by atoms with Crippen molar-refractivity contribution >= 4 is 23.4 Å². The van der Waals surface area contributed by atoms with E-state index >= 15 is 0 Å². The van der Waals surface area contributed by atoms with E-state index in [-0.39, 0.29) is 12.1 Å². The third-order valence-corrected chi connectivity index (χ3v) is 4.82. The maximum atomic E-state index is 13.1. The highest BCUT2D eigenvalue weighted by Gasteiger charge is 2.42. The Hall–Kier alpha value is -3.60. The van der Waals surface area contributed by atoms with Crippen molar-refractivity contribution in [3.63, 3.8) is 0 Å². The third-order valence-electron chi connectivity index (χ3n) is 4.82. The van der Waals surface area contributed by atoms with Gasteiger partial charge in [-0.1, -0.05) is 66.7 Å². The van der Waals surface area contributed by atoms with Gasteiger partial charge in [-0.3, -0.25) is 4.90 Å². The van der Waals surface area contributed by atoms with E-state index in [9.17, 15) is 9.59 Å². The lowest BCUT2D eigenvalue weighted by Gasteiger charge is -2.22. The fraction of sp³-hybridized carbons (Fsp3) is 0.130. The van der Waals surface area contributed by atoms with E-state index in [0.29, 0.717) is 18.7 Å². The molecule has 3 aromatic carbocycles. The zero-order chi connectivity index (χ0) is 19.3. The number of nitrogens with one attached hydrogen (secondary N) is 1. The number of carbonyl (C=O) groups excluding carboxylic acids is 2. The van der Waals surface area contributed by atoms with Crippen LogP contribution in [0.3, 0.4) is 0 Å². The van der Waals surface area contributed by atoms with E-state index < -0.39 is 6.03 Å². The number of urea groups is 2. The summed E-state index contributed by atoms with van der Waals surface area (Å²) in [4.78, 5) is 29.1. The smallest absolute Gasteiger partial charge is 0.307 e. The second kappa shape index (κ2) is 7.96. The summed E-state index contributed by atoms with van der Waals surface area (Å²) in [6, 6.07) is 27.6. The topological polar surface area (TPSA) is 52.7 Å². The van der Waals surface area contributed by atoms with E-state index in [1.54, 1.807) is 17.0 Å². The Morgan fingerprint density at radius 1 is 0.857 bits per heavy atom. The van der Waals surface area contributed by atoms with Crippen LogP contribution in [0.2, 0.25) is 0 Å². The monoisotopic (exact) mass is 371 g/mol. The molecule has 3 aromatic rings. The van der Waals surface area contributed by atoms with Crippen LogP contribution in [-0.4, -0.2) is 29.5 Å². The van der Waals surface area contributed by atoms with Crippen molar-refractivity contribution in [3.8, 4) is 0 Å². The molecule has 0 aromatic heterocycles. The summed E-state index contributed by atoms with van der Waals surface area (Å²) in [5, 5.41) is 2.84. The fourth-order valence-electron chi connectivity index (χ4n) is 3.48. The minimum atomic E-state index is -0.407. The number of imide groups is 1. The van der Waals surface area contributed by atoms with E-state index in [1.807, 2.05) is 78.9 Å². The standard InChI is InChI=1S/C23H21N3O2/c27-22(24-19-12-6-2-7-13-19)26-21(16-18-10-4-1-5-11-18)17-25(23(26)28)20-14-8-3-9-15-20/h1-15,21H,16-17H2,(H,24,27). The highest BCUT2D eigenvalue weighted by Crippen LogP contribution is 2.26. The Labute approximate surface area is 164 Å². The molecule has 5 heteroatoms. The van der Waals surface area contributed by atoms with Crippen molar-refractivity contribution in [3.05, 3.63) is 96.6 Å². The molecule has 4 rings (SSSR count). The summed E-state index contributed by atoms with van der Waals surface area (Å²) in [6.07, 6.45) is 0.609. The van der Waals surface area contributed by atoms with Gasteiger partial charge in [-0.2, -0.15) is 0 Å². The Kier molecular flexibility index (Phi) is 5.06. The van der Waals surface area contributed by atoms with Crippen LogP contribution < -0.4 is 10.2 Å². The van der Waals surface area contributed by atoms with Gasteiger partial charge in [0.25, 0.3) is 0 Å². The van der Waals surface area contributed by atoms with Crippen molar-refractivity contribution in [1.29, 1.82) is 0 Å². The Morgan fingerprint density at radius 2 is 1.43 bits per heavy atom. The number of carbonyl (C=O) groups is 2. The first-order valence-electron chi connectivity index (χ1n) is 9.28. The lowest BCUT2D eigenvalue weighted by molar-refractivity contribution is 0.197. The van der Waals surface area contributed by atoms with Gasteiger partial charge in [0.05, 0.1) is 6.04 Å². The molecule has 0 spiro atoms. The highest BCUT2D eigenvalue weighted by molar-refractivity contribution is 6.08. The van der Waals surface area contributed by atoms with Crippen LogP contribution in [-0.2, 0) is 6.42 Å². The molecule has 1 atom stereocenters. The normalized spacial score (nSPS) is 16.3. The van der Waals surface area contributed by atoms with Crippen LogP contribution in [0, 0.1) is 0 Å². The first-order chi connectivity index (χ1) is 13.7. The molecule has 0 saturated carbocycles. The molecule has 1 fully saturated rings. The average Bonchev–Trinajstić information content (AvgIpc) is 3.06. The number of rotatable bonds is 4. The van der Waals surface area contributed by atoms with Crippen molar-refractivity contribution in [2.45, 2.75) is 12.5 Å². The zero-order valence-electron chi connectivity index (χ0n) is 15.4. The maximum Gasteiger partial charge on any atom is 0.333 e. The molecule has 1 aliphatic rings. The Balaban J connectivity index is 1.61. The minimum absolute atomic E-state index is 0.251. The number of hydrogen-bond donors (Lipinski definition) is 1. The Bertz CT molecular complexity index is 945. The number of amides is 4. The summed E-state index contributed by atoms with van der Waals surface area (Å²) in [6.45, 7) is 0.458. The van der Waals surface area contributed by atoms with Gasteiger partial charge in [-0.05, 0) is 36.2 Å². The molecule has 5 nitrogen and oxygen atoms in total. The van der Waals surface area contributed by atoms with E-state index in [0.717, 1.165) is 11.3 Å². The third kappa shape index (κ3) is 3.74. The molecule has 0 aliphatic carbocycles. The summed E-state index contributed by atoms with van der Waals surface area (Å²) in [5.74, 6) is 0. The molecule has 1 saturated heterocycles. The van der Waals surface area contributed by atoms with Gasteiger partial charge in [0.1, 0.15) is 0 Å². The largest absolute Gasteiger partial charge is 0.333 e. The lowest BCUT2D eigenvalue weighted by atomic mass is 10.1. The van der Waals surface area contributed by atoms with Crippen molar-refractivity contribution < 1.29 is 9.59 Å². The molecule has 1 unspecified atom stereocenters. The summed E-state index contributed by atoms with van der Waals surface area (Å²) in [7, 11) is 0. The maximum absolute atomic E-state index is 13.1. The minimum Gasteiger partial charge on any atom is -0.307 e. The van der Waals surface area contributed by atoms with Crippen LogP contribution in [0.4, 0.5) is 21.0 Å². The van der Waals surface area contributed by atoms with Crippen LogP contribution >= 0.6 is 0 Å². The second-order valence-electron chi connectivity index (χ2n) is 6.74. The number of hydrogen-bond acceptors (Lipinski definition) is 2. The molecular weight excluding hydrogens is 350 g/mol. The first kappa shape index (κ1) is 17.8. The number of benzene rings is 3. The fourth-order valence-corrected chi connectivity index (χ4v) is 3.48. The molecule has 28 heavy (non-hydrogen) atoms. The number of para-hydroxylation sites is 2. The lowest BCUT2D eigenvalue weighted by Crippen LogP contribution is -2.43. The highest BCUT2D eigenvalue weighted by atomic mass is 16.2. The van der Waals surface area contributed by atoms with Gasteiger partial charge >= 0.3 is 12.1 Å². The van der Waals surface area contributed by atoms with Crippen molar-refractivity contribution in [2.24, 2.45) is 0 Å². The van der Waals surface area contributed by atoms with Gasteiger partial charge in [-0.15, -0.1) is 0 Å². The SMILES string of the molecule is O=C(Nc1ccccc1)N1C(=O)N(c2ccccc2)CC1Cc1ccccc1. The number of anilines is 2. The van der Waals surface area contributed by atoms with Crippen LogP contribution in [0.1, 0.15) is 5.56 Å².